The first-order valence-electron chi connectivity index (χ1n) is 8.53. The predicted molar refractivity (Wildman–Crippen MR) is 102 cm³/mol. The Morgan fingerprint density at radius 3 is 2.92 bits per heavy atom. The molecule has 130 valence electrons. The van der Waals surface area contributed by atoms with Gasteiger partial charge in [0.2, 0.25) is 0 Å². The number of hydrogen-bond acceptors (Lipinski definition) is 5. The minimum absolute atomic E-state index is 0.123. The molecule has 0 bridgehead atoms. The monoisotopic (exact) mass is 356 g/mol. The van der Waals surface area contributed by atoms with Crippen LogP contribution in [0.3, 0.4) is 0 Å². The fourth-order valence-corrected chi connectivity index (χ4v) is 4.50. The molecule has 1 aromatic heterocycles. The molecule has 0 amide bonds. The maximum absolute atomic E-state index is 14.3. The lowest BCUT2D eigenvalue weighted by Crippen LogP contribution is -2.43. The molecule has 2 N–H and O–H groups in total. The lowest BCUT2D eigenvalue weighted by atomic mass is 10.1. The first kappa shape index (κ1) is 16.4. The third-order valence-electron chi connectivity index (χ3n) is 4.71. The molecule has 0 saturated carbocycles. The smallest absolute Gasteiger partial charge is 0.129 e. The molecule has 1 unspecified atom stereocenters. The SMILES string of the molecule is NC1CCCN(c2ccncc2N2C=CS[C@H]2c2ccccc2F)C1. The molecule has 1 saturated heterocycles. The number of nitrogens with zero attached hydrogens (tertiary/aromatic N) is 3. The summed E-state index contributed by atoms with van der Waals surface area (Å²) in [6.07, 6.45) is 7.83. The van der Waals surface area contributed by atoms with Gasteiger partial charge in [-0.25, -0.2) is 4.39 Å². The van der Waals surface area contributed by atoms with Gasteiger partial charge in [-0.2, -0.15) is 0 Å². The van der Waals surface area contributed by atoms with E-state index in [2.05, 4.69) is 14.8 Å². The van der Waals surface area contributed by atoms with Crippen molar-refractivity contribution in [1.82, 2.24) is 4.98 Å². The molecule has 4 nitrogen and oxygen atoms in total. The first-order chi connectivity index (χ1) is 12.2. The zero-order chi connectivity index (χ0) is 17.2. The second kappa shape index (κ2) is 7.06. The van der Waals surface area contributed by atoms with E-state index in [-0.39, 0.29) is 17.2 Å². The van der Waals surface area contributed by atoms with Crippen LogP contribution in [0.1, 0.15) is 23.8 Å². The van der Waals surface area contributed by atoms with Crippen molar-refractivity contribution in [1.29, 1.82) is 0 Å². The van der Waals surface area contributed by atoms with Crippen molar-refractivity contribution in [2.24, 2.45) is 5.73 Å². The Hall–Kier alpha value is -2.05. The van der Waals surface area contributed by atoms with Crippen LogP contribution in [0.5, 0.6) is 0 Å². The Labute approximate surface area is 151 Å². The highest BCUT2D eigenvalue weighted by atomic mass is 32.2. The standard InChI is InChI=1S/C19H21FN4S/c20-16-6-2-1-5-15(16)19-24(10-11-25-19)18-12-22-8-7-17(18)23-9-3-4-14(21)13-23/h1-2,5-8,10-12,14,19H,3-4,9,13,21H2/t14?,19-/m0/s1. The summed E-state index contributed by atoms with van der Waals surface area (Å²) in [7, 11) is 0. The number of pyridine rings is 1. The molecule has 0 spiro atoms. The maximum atomic E-state index is 14.3. The van der Waals surface area contributed by atoms with E-state index >= 15 is 0 Å². The zero-order valence-electron chi connectivity index (χ0n) is 13.9. The average Bonchev–Trinajstić information content (AvgIpc) is 3.11. The van der Waals surface area contributed by atoms with Gasteiger partial charge in [-0.15, -0.1) is 11.8 Å². The molecule has 2 aliphatic rings. The maximum Gasteiger partial charge on any atom is 0.129 e. The average molecular weight is 356 g/mol. The highest BCUT2D eigenvalue weighted by Crippen LogP contribution is 2.45. The Balaban J connectivity index is 1.69. The van der Waals surface area contributed by atoms with Gasteiger partial charge < -0.3 is 15.5 Å². The summed E-state index contributed by atoms with van der Waals surface area (Å²) < 4.78 is 14.3. The van der Waals surface area contributed by atoms with Crippen molar-refractivity contribution in [3.63, 3.8) is 0 Å². The molecule has 0 aliphatic carbocycles. The quantitative estimate of drug-likeness (QED) is 0.904. The predicted octanol–water partition coefficient (Wildman–Crippen LogP) is 3.87. The molecule has 25 heavy (non-hydrogen) atoms. The Kier molecular flexibility index (Phi) is 4.63. The summed E-state index contributed by atoms with van der Waals surface area (Å²) >= 11 is 1.60. The van der Waals surface area contributed by atoms with Crippen molar-refractivity contribution in [2.75, 3.05) is 22.9 Å². The number of thioether (sulfide) groups is 1. The molecular formula is C19H21FN4S. The van der Waals surface area contributed by atoms with E-state index in [0.29, 0.717) is 5.56 Å². The van der Waals surface area contributed by atoms with E-state index in [9.17, 15) is 4.39 Å². The summed E-state index contributed by atoms with van der Waals surface area (Å²) in [4.78, 5) is 8.74. The summed E-state index contributed by atoms with van der Waals surface area (Å²) in [6.45, 7) is 1.83. The van der Waals surface area contributed by atoms with Crippen LogP contribution >= 0.6 is 11.8 Å². The van der Waals surface area contributed by atoms with Gasteiger partial charge in [-0.1, -0.05) is 18.2 Å². The number of nitrogens with two attached hydrogens (primary N) is 1. The van der Waals surface area contributed by atoms with Gasteiger partial charge in [0.1, 0.15) is 11.2 Å². The second-order valence-corrected chi connectivity index (χ2v) is 7.41. The fourth-order valence-electron chi connectivity index (χ4n) is 3.50. The normalized spacial score (nSPS) is 23.3. The van der Waals surface area contributed by atoms with E-state index in [1.165, 1.54) is 6.07 Å². The molecule has 1 aromatic carbocycles. The molecular weight excluding hydrogens is 335 g/mol. The summed E-state index contributed by atoms with van der Waals surface area (Å²) in [5.74, 6) is -0.181. The number of hydrogen-bond donors (Lipinski definition) is 1. The Morgan fingerprint density at radius 1 is 1.20 bits per heavy atom. The van der Waals surface area contributed by atoms with Gasteiger partial charge in [0, 0.05) is 37.1 Å². The van der Waals surface area contributed by atoms with Gasteiger partial charge >= 0.3 is 0 Å². The number of piperidine rings is 1. The lowest BCUT2D eigenvalue weighted by Gasteiger charge is -2.36. The molecule has 0 radical (unpaired) electrons. The van der Waals surface area contributed by atoms with E-state index in [1.54, 1.807) is 17.8 Å². The van der Waals surface area contributed by atoms with Crippen LogP contribution in [0.4, 0.5) is 15.8 Å². The molecule has 2 aliphatic heterocycles. The van der Waals surface area contributed by atoms with Crippen LogP contribution in [0, 0.1) is 5.82 Å². The van der Waals surface area contributed by atoms with Crippen LogP contribution in [0.2, 0.25) is 0 Å². The van der Waals surface area contributed by atoms with Crippen LogP contribution in [-0.2, 0) is 0 Å². The molecule has 6 heteroatoms. The van der Waals surface area contributed by atoms with Crippen LogP contribution < -0.4 is 15.5 Å². The molecule has 1 fully saturated rings. The summed E-state index contributed by atoms with van der Waals surface area (Å²) in [5, 5.41) is 1.89. The van der Waals surface area contributed by atoms with Gasteiger partial charge in [-0.05, 0) is 30.4 Å². The third kappa shape index (κ3) is 3.24. The van der Waals surface area contributed by atoms with E-state index < -0.39 is 0 Å². The van der Waals surface area contributed by atoms with Crippen molar-refractivity contribution >= 4 is 23.1 Å². The van der Waals surface area contributed by atoms with Gasteiger partial charge in [-0.3, -0.25) is 4.98 Å². The summed E-state index contributed by atoms with van der Waals surface area (Å²) in [6, 6.07) is 9.19. The van der Waals surface area contributed by atoms with Gasteiger partial charge in [0.15, 0.2) is 0 Å². The highest BCUT2D eigenvalue weighted by Gasteiger charge is 2.29. The van der Waals surface area contributed by atoms with Crippen molar-refractivity contribution in [2.45, 2.75) is 24.3 Å². The minimum Gasteiger partial charge on any atom is -0.368 e. The second-order valence-electron chi connectivity index (χ2n) is 6.42. The highest BCUT2D eigenvalue weighted by molar-refractivity contribution is 8.02. The van der Waals surface area contributed by atoms with Gasteiger partial charge in [0.05, 0.1) is 17.6 Å². The van der Waals surface area contributed by atoms with Crippen molar-refractivity contribution in [3.05, 3.63) is 65.7 Å². The number of aromatic nitrogens is 1. The minimum atomic E-state index is -0.181. The van der Waals surface area contributed by atoms with Crippen LogP contribution in [-0.4, -0.2) is 24.1 Å². The molecule has 4 rings (SSSR count). The van der Waals surface area contributed by atoms with Crippen LogP contribution in [0.25, 0.3) is 0 Å². The lowest BCUT2D eigenvalue weighted by molar-refractivity contribution is 0.506. The van der Waals surface area contributed by atoms with Crippen molar-refractivity contribution in [3.8, 4) is 0 Å². The number of benzene rings is 1. The topological polar surface area (TPSA) is 45.4 Å². The van der Waals surface area contributed by atoms with E-state index in [0.717, 1.165) is 37.3 Å². The van der Waals surface area contributed by atoms with Crippen LogP contribution in [0.15, 0.2) is 54.3 Å². The largest absolute Gasteiger partial charge is 0.368 e. The fraction of sp³-hybridized carbons (Fsp3) is 0.316. The van der Waals surface area contributed by atoms with Gasteiger partial charge in [0.25, 0.3) is 0 Å². The summed E-state index contributed by atoms with van der Waals surface area (Å²) in [5.41, 5.74) is 8.95. The molecule has 2 atom stereocenters. The number of halogens is 1. The molecule has 2 aromatic rings. The number of rotatable bonds is 3. The Bertz CT molecular complexity index is 782. The number of anilines is 2. The van der Waals surface area contributed by atoms with Crippen molar-refractivity contribution < 1.29 is 4.39 Å². The zero-order valence-corrected chi connectivity index (χ0v) is 14.7. The first-order valence-corrected chi connectivity index (χ1v) is 9.48. The third-order valence-corrected chi connectivity index (χ3v) is 5.72. The molecule has 3 heterocycles. The van der Waals surface area contributed by atoms with E-state index in [1.807, 2.05) is 42.2 Å². The van der Waals surface area contributed by atoms with E-state index in [4.69, 9.17) is 5.73 Å². The Morgan fingerprint density at radius 2 is 2.08 bits per heavy atom.